The Balaban J connectivity index is 2.58. The number of carboxylic acids is 1. The van der Waals surface area contributed by atoms with Gasteiger partial charge in [0, 0.05) is 13.0 Å². The molecule has 118 valence electrons. The van der Waals surface area contributed by atoms with Crippen molar-refractivity contribution in [2.45, 2.75) is 31.1 Å². The molecule has 21 heavy (non-hydrogen) atoms. The van der Waals surface area contributed by atoms with Gasteiger partial charge >= 0.3 is 5.97 Å². The van der Waals surface area contributed by atoms with Crippen LogP contribution in [0.1, 0.15) is 26.2 Å². The molecule has 2 N–H and O–H groups in total. The maximum Gasteiger partial charge on any atom is 0.303 e. The zero-order valence-corrected chi connectivity index (χ0v) is 13.0. The molecule has 0 aliphatic rings. The largest absolute Gasteiger partial charge is 0.481 e. The first-order chi connectivity index (χ1) is 9.74. The lowest BCUT2D eigenvalue weighted by atomic mass is 10.0. The first kappa shape index (κ1) is 17.9. The van der Waals surface area contributed by atoms with Gasteiger partial charge in [0.15, 0.2) is 5.82 Å². The van der Waals surface area contributed by atoms with Gasteiger partial charge in [0.25, 0.3) is 0 Å². The van der Waals surface area contributed by atoms with E-state index in [1.165, 1.54) is 12.1 Å². The zero-order valence-electron chi connectivity index (χ0n) is 11.5. The lowest BCUT2D eigenvalue weighted by molar-refractivity contribution is -0.137. The van der Waals surface area contributed by atoms with Gasteiger partial charge in [-0.3, -0.25) is 4.79 Å². The van der Waals surface area contributed by atoms with E-state index in [1.54, 1.807) is 0 Å². The van der Waals surface area contributed by atoms with Crippen LogP contribution in [0.2, 0.25) is 5.02 Å². The highest BCUT2D eigenvalue weighted by molar-refractivity contribution is 7.89. The molecule has 0 heterocycles. The number of aliphatic carboxylic acids is 1. The Bertz CT molecular complexity index is 606. The standard InChI is InChI=1S/C13H17ClFNO4S/c1-9(5-6-12(17)18)7-8-16-21(19,20)11-4-2-3-10(14)13(11)15/h2-4,9,16H,5-8H2,1H3,(H,17,18). The van der Waals surface area contributed by atoms with Crippen molar-refractivity contribution in [1.82, 2.24) is 4.72 Å². The number of sulfonamides is 1. The maximum absolute atomic E-state index is 13.7. The molecule has 0 bridgehead atoms. The van der Waals surface area contributed by atoms with Crippen molar-refractivity contribution in [1.29, 1.82) is 0 Å². The molecule has 1 aromatic carbocycles. The van der Waals surface area contributed by atoms with Crippen molar-refractivity contribution in [3.63, 3.8) is 0 Å². The molecule has 0 amide bonds. The number of carboxylic acid groups (broad SMARTS) is 1. The van der Waals surface area contributed by atoms with Gasteiger partial charge in [-0.2, -0.15) is 0 Å². The third kappa shape index (κ3) is 5.61. The average molecular weight is 338 g/mol. The number of rotatable bonds is 8. The normalized spacial score (nSPS) is 13.1. The maximum atomic E-state index is 13.7. The van der Waals surface area contributed by atoms with E-state index in [0.717, 1.165) is 6.07 Å². The number of halogens is 2. The fraction of sp³-hybridized carbons (Fsp3) is 0.462. The van der Waals surface area contributed by atoms with Crippen LogP contribution in [-0.2, 0) is 14.8 Å². The first-order valence-corrected chi connectivity index (χ1v) is 8.25. The minimum atomic E-state index is -3.97. The van der Waals surface area contributed by atoms with E-state index >= 15 is 0 Å². The lowest BCUT2D eigenvalue weighted by Crippen LogP contribution is -2.26. The van der Waals surface area contributed by atoms with Gasteiger partial charge in [0.1, 0.15) is 4.90 Å². The van der Waals surface area contributed by atoms with Gasteiger partial charge < -0.3 is 5.11 Å². The molecule has 0 aliphatic heterocycles. The molecule has 0 fully saturated rings. The Labute approximate surface area is 128 Å². The third-order valence-corrected chi connectivity index (χ3v) is 4.76. The minimum absolute atomic E-state index is 0.0385. The molecular formula is C13H17ClFNO4S. The fourth-order valence-electron chi connectivity index (χ4n) is 1.72. The quantitative estimate of drug-likeness (QED) is 0.764. The topological polar surface area (TPSA) is 83.5 Å². The van der Waals surface area contributed by atoms with Crippen LogP contribution in [0.5, 0.6) is 0 Å². The fourth-order valence-corrected chi connectivity index (χ4v) is 3.10. The summed E-state index contributed by atoms with van der Waals surface area (Å²) in [7, 11) is -3.97. The highest BCUT2D eigenvalue weighted by Crippen LogP contribution is 2.21. The Kier molecular flexibility index (Phi) is 6.57. The number of hydrogen-bond acceptors (Lipinski definition) is 3. The molecule has 0 saturated carbocycles. The minimum Gasteiger partial charge on any atom is -0.481 e. The van der Waals surface area contributed by atoms with Gasteiger partial charge in [-0.25, -0.2) is 17.5 Å². The molecule has 0 radical (unpaired) electrons. The molecule has 0 spiro atoms. The van der Waals surface area contributed by atoms with E-state index in [2.05, 4.69) is 4.72 Å². The van der Waals surface area contributed by atoms with E-state index in [0.29, 0.717) is 12.8 Å². The predicted octanol–water partition coefficient (Wildman–Crippen LogP) is 2.65. The molecule has 1 unspecified atom stereocenters. The van der Waals surface area contributed by atoms with E-state index in [9.17, 15) is 17.6 Å². The van der Waals surface area contributed by atoms with Gasteiger partial charge in [0.05, 0.1) is 5.02 Å². The molecule has 5 nitrogen and oxygen atoms in total. The summed E-state index contributed by atoms with van der Waals surface area (Å²) in [5.74, 6) is -1.82. The Morgan fingerprint density at radius 2 is 2.10 bits per heavy atom. The average Bonchev–Trinajstić information content (AvgIpc) is 2.39. The SMILES string of the molecule is CC(CCNS(=O)(=O)c1cccc(Cl)c1F)CCC(=O)O. The van der Waals surface area contributed by atoms with Gasteiger partial charge in [-0.15, -0.1) is 0 Å². The Morgan fingerprint density at radius 1 is 1.43 bits per heavy atom. The second-order valence-corrected chi connectivity index (χ2v) is 6.92. The summed E-state index contributed by atoms with van der Waals surface area (Å²) >= 11 is 5.55. The van der Waals surface area contributed by atoms with Crippen LogP contribution < -0.4 is 4.72 Å². The van der Waals surface area contributed by atoms with Crippen molar-refractivity contribution in [3.8, 4) is 0 Å². The van der Waals surface area contributed by atoms with Crippen LogP contribution in [0.15, 0.2) is 23.1 Å². The van der Waals surface area contributed by atoms with Gasteiger partial charge in [-0.1, -0.05) is 24.6 Å². The number of nitrogens with one attached hydrogen (secondary N) is 1. The van der Waals surface area contributed by atoms with Crippen LogP contribution >= 0.6 is 11.6 Å². The molecule has 1 atom stereocenters. The molecule has 1 aromatic rings. The summed E-state index contributed by atoms with van der Waals surface area (Å²) < 4.78 is 39.9. The smallest absolute Gasteiger partial charge is 0.303 e. The van der Waals surface area contributed by atoms with Crippen LogP contribution in [0.4, 0.5) is 4.39 Å². The van der Waals surface area contributed by atoms with Crippen LogP contribution in [-0.4, -0.2) is 26.0 Å². The van der Waals surface area contributed by atoms with Crippen molar-refractivity contribution in [2.75, 3.05) is 6.54 Å². The first-order valence-electron chi connectivity index (χ1n) is 6.39. The van der Waals surface area contributed by atoms with Gasteiger partial charge in [-0.05, 0) is 30.9 Å². The molecule has 0 aliphatic carbocycles. The summed E-state index contributed by atoms with van der Waals surface area (Å²) in [4.78, 5) is 9.93. The highest BCUT2D eigenvalue weighted by Gasteiger charge is 2.20. The molecule has 8 heteroatoms. The number of hydrogen-bond donors (Lipinski definition) is 2. The third-order valence-electron chi connectivity index (χ3n) is 2.99. The Hall–Kier alpha value is -1.18. The van der Waals surface area contributed by atoms with Crippen LogP contribution in [0, 0.1) is 11.7 Å². The van der Waals surface area contributed by atoms with E-state index in [1.807, 2.05) is 6.92 Å². The predicted molar refractivity (Wildman–Crippen MR) is 77.2 cm³/mol. The number of benzene rings is 1. The second-order valence-electron chi connectivity index (χ2n) is 4.78. The summed E-state index contributed by atoms with van der Waals surface area (Å²) in [6.45, 7) is 1.94. The zero-order chi connectivity index (χ0) is 16.0. The monoisotopic (exact) mass is 337 g/mol. The Morgan fingerprint density at radius 3 is 2.71 bits per heavy atom. The highest BCUT2D eigenvalue weighted by atomic mass is 35.5. The molecule has 1 rings (SSSR count). The number of carbonyl (C=O) groups is 1. The molecule has 0 saturated heterocycles. The van der Waals surface area contributed by atoms with E-state index < -0.39 is 26.7 Å². The molecular weight excluding hydrogens is 321 g/mol. The van der Waals surface area contributed by atoms with Crippen LogP contribution in [0.25, 0.3) is 0 Å². The van der Waals surface area contributed by atoms with Crippen LogP contribution in [0.3, 0.4) is 0 Å². The van der Waals surface area contributed by atoms with Crippen molar-refractivity contribution in [3.05, 3.63) is 29.0 Å². The summed E-state index contributed by atoms with van der Waals surface area (Å²) in [6.07, 6.45) is 0.966. The summed E-state index contributed by atoms with van der Waals surface area (Å²) in [5.41, 5.74) is 0. The van der Waals surface area contributed by atoms with Gasteiger partial charge in [0.2, 0.25) is 10.0 Å². The van der Waals surface area contributed by atoms with Crippen molar-refractivity contribution < 1.29 is 22.7 Å². The summed E-state index contributed by atoms with van der Waals surface area (Å²) in [6, 6.07) is 3.76. The summed E-state index contributed by atoms with van der Waals surface area (Å²) in [5, 5.41) is 8.30. The van der Waals surface area contributed by atoms with E-state index in [4.69, 9.17) is 16.7 Å². The molecule has 0 aromatic heterocycles. The van der Waals surface area contributed by atoms with Crippen molar-refractivity contribution in [2.24, 2.45) is 5.92 Å². The second kappa shape index (κ2) is 7.72. The lowest BCUT2D eigenvalue weighted by Gasteiger charge is -2.12. The van der Waals surface area contributed by atoms with Crippen molar-refractivity contribution >= 4 is 27.6 Å². The van der Waals surface area contributed by atoms with E-state index in [-0.39, 0.29) is 23.9 Å².